The van der Waals surface area contributed by atoms with Gasteiger partial charge in [-0.2, -0.15) is 0 Å². The number of alkyl halides is 1. The largest absolute Gasteiger partial charge is 0.345 e. The molecule has 1 N–H and O–H groups in total. The van der Waals surface area contributed by atoms with E-state index in [2.05, 4.69) is 21.2 Å². The van der Waals surface area contributed by atoms with E-state index in [9.17, 15) is 4.79 Å². The van der Waals surface area contributed by atoms with E-state index in [0.717, 1.165) is 40.9 Å². The van der Waals surface area contributed by atoms with Crippen molar-refractivity contribution < 1.29 is 4.79 Å². The van der Waals surface area contributed by atoms with Gasteiger partial charge in [0.25, 0.3) is 5.91 Å². The van der Waals surface area contributed by atoms with Gasteiger partial charge < -0.3 is 5.32 Å². The van der Waals surface area contributed by atoms with E-state index in [0.29, 0.717) is 11.4 Å². The van der Waals surface area contributed by atoms with Crippen molar-refractivity contribution >= 4 is 44.2 Å². The van der Waals surface area contributed by atoms with E-state index < -0.39 is 0 Å². The van der Waals surface area contributed by atoms with Gasteiger partial charge in [0.15, 0.2) is 0 Å². The number of benzene rings is 2. The standard InChI is InChI=1S/C17H17BrClNO/c18-15-6-5-12-9-14(4-3-13(12)10-15)16(21)20-17(11-19)7-1-2-8-17/h3-6,9-10H,1-2,7-8,11H2,(H,20,21). The second-order valence-electron chi connectivity index (χ2n) is 5.78. The number of nitrogens with one attached hydrogen (secondary N) is 1. The monoisotopic (exact) mass is 365 g/mol. The Morgan fingerprint density at radius 3 is 2.52 bits per heavy atom. The lowest BCUT2D eigenvalue weighted by Gasteiger charge is -2.27. The molecule has 0 aliphatic heterocycles. The second kappa shape index (κ2) is 5.98. The zero-order valence-corrected chi connectivity index (χ0v) is 14.0. The molecule has 0 saturated heterocycles. The number of carbonyl (C=O) groups is 1. The number of amides is 1. The van der Waals surface area contributed by atoms with Crippen LogP contribution < -0.4 is 5.32 Å². The second-order valence-corrected chi connectivity index (χ2v) is 6.96. The molecule has 0 aromatic heterocycles. The molecule has 0 bridgehead atoms. The quantitative estimate of drug-likeness (QED) is 0.770. The lowest BCUT2D eigenvalue weighted by molar-refractivity contribution is 0.0909. The van der Waals surface area contributed by atoms with E-state index in [4.69, 9.17) is 11.6 Å². The van der Waals surface area contributed by atoms with Crippen LogP contribution in [0.4, 0.5) is 0 Å². The van der Waals surface area contributed by atoms with Crippen molar-refractivity contribution in [3.8, 4) is 0 Å². The maximum Gasteiger partial charge on any atom is 0.251 e. The first-order chi connectivity index (χ1) is 10.1. The Hall–Kier alpha value is -1.06. The van der Waals surface area contributed by atoms with Gasteiger partial charge in [0.2, 0.25) is 0 Å². The summed E-state index contributed by atoms with van der Waals surface area (Å²) in [7, 11) is 0. The number of halogens is 2. The first-order valence-electron chi connectivity index (χ1n) is 7.20. The van der Waals surface area contributed by atoms with E-state index in [1.807, 2.05) is 36.4 Å². The van der Waals surface area contributed by atoms with Crippen molar-refractivity contribution in [2.75, 3.05) is 5.88 Å². The molecule has 0 spiro atoms. The van der Waals surface area contributed by atoms with Crippen LogP contribution >= 0.6 is 27.5 Å². The van der Waals surface area contributed by atoms with Crippen molar-refractivity contribution in [3.05, 3.63) is 46.4 Å². The van der Waals surface area contributed by atoms with Gasteiger partial charge in [0.1, 0.15) is 0 Å². The predicted octanol–water partition coefficient (Wildman–Crippen LogP) is 4.88. The summed E-state index contributed by atoms with van der Waals surface area (Å²) in [6.07, 6.45) is 4.23. The fourth-order valence-electron chi connectivity index (χ4n) is 3.01. The molecule has 0 heterocycles. The van der Waals surface area contributed by atoms with Crippen LogP contribution in [0.3, 0.4) is 0 Å². The summed E-state index contributed by atoms with van der Waals surface area (Å²) in [6.45, 7) is 0. The summed E-state index contributed by atoms with van der Waals surface area (Å²) in [4.78, 5) is 12.5. The highest BCUT2D eigenvalue weighted by atomic mass is 79.9. The van der Waals surface area contributed by atoms with Gasteiger partial charge in [-0.05, 0) is 47.9 Å². The SMILES string of the molecule is O=C(NC1(CCl)CCCC1)c1ccc2cc(Br)ccc2c1. The molecule has 0 atom stereocenters. The summed E-state index contributed by atoms with van der Waals surface area (Å²) in [6, 6.07) is 11.9. The lowest BCUT2D eigenvalue weighted by Crippen LogP contribution is -2.47. The van der Waals surface area contributed by atoms with Crippen LogP contribution in [0, 0.1) is 0 Å². The molecule has 2 nitrogen and oxygen atoms in total. The molecule has 4 heteroatoms. The van der Waals surface area contributed by atoms with Crippen molar-refractivity contribution in [2.24, 2.45) is 0 Å². The van der Waals surface area contributed by atoms with E-state index in [-0.39, 0.29) is 11.4 Å². The lowest BCUT2D eigenvalue weighted by atomic mass is 9.99. The summed E-state index contributed by atoms with van der Waals surface area (Å²) in [5.74, 6) is 0.460. The van der Waals surface area contributed by atoms with Gasteiger partial charge in [-0.15, -0.1) is 11.6 Å². The van der Waals surface area contributed by atoms with Gasteiger partial charge >= 0.3 is 0 Å². The molecule has 1 saturated carbocycles. The van der Waals surface area contributed by atoms with E-state index >= 15 is 0 Å². The number of rotatable bonds is 3. The van der Waals surface area contributed by atoms with Crippen molar-refractivity contribution in [1.82, 2.24) is 5.32 Å². The van der Waals surface area contributed by atoms with Gasteiger partial charge in [-0.3, -0.25) is 4.79 Å². The molecule has 1 aliphatic carbocycles. The molecule has 1 amide bonds. The Balaban J connectivity index is 1.86. The minimum atomic E-state index is -0.215. The summed E-state index contributed by atoms with van der Waals surface area (Å²) < 4.78 is 1.04. The minimum absolute atomic E-state index is 0.0256. The molecule has 0 radical (unpaired) electrons. The smallest absolute Gasteiger partial charge is 0.251 e. The number of hydrogen-bond donors (Lipinski definition) is 1. The Kier molecular flexibility index (Phi) is 4.23. The molecule has 2 aromatic carbocycles. The highest BCUT2D eigenvalue weighted by Crippen LogP contribution is 2.31. The fourth-order valence-corrected chi connectivity index (χ4v) is 3.73. The fraction of sp³-hybridized carbons (Fsp3) is 0.353. The average Bonchev–Trinajstić information content (AvgIpc) is 2.95. The van der Waals surface area contributed by atoms with Crippen molar-refractivity contribution in [3.63, 3.8) is 0 Å². The van der Waals surface area contributed by atoms with Crippen molar-refractivity contribution in [1.29, 1.82) is 0 Å². The number of carbonyl (C=O) groups excluding carboxylic acids is 1. The normalized spacial score (nSPS) is 17.0. The van der Waals surface area contributed by atoms with Gasteiger partial charge in [-0.25, -0.2) is 0 Å². The van der Waals surface area contributed by atoms with Crippen molar-refractivity contribution in [2.45, 2.75) is 31.2 Å². The molecule has 0 unspecified atom stereocenters. The Morgan fingerprint density at radius 1 is 1.14 bits per heavy atom. The molecular weight excluding hydrogens is 350 g/mol. The third-order valence-corrected chi connectivity index (χ3v) is 5.26. The number of fused-ring (bicyclic) bond motifs is 1. The summed E-state index contributed by atoms with van der Waals surface area (Å²) >= 11 is 9.55. The molecule has 110 valence electrons. The maximum atomic E-state index is 12.5. The Bertz CT molecular complexity index is 680. The van der Waals surface area contributed by atoms with Crippen LogP contribution in [0.25, 0.3) is 10.8 Å². The van der Waals surface area contributed by atoms with Crippen LogP contribution in [-0.2, 0) is 0 Å². The van der Waals surface area contributed by atoms with Crippen LogP contribution in [0.5, 0.6) is 0 Å². The van der Waals surface area contributed by atoms with Gasteiger partial charge in [0.05, 0.1) is 5.54 Å². The predicted molar refractivity (Wildman–Crippen MR) is 91.0 cm³/mol. The molecule has 1 fully saturated rings. The topological polar surface area (TPSA) is 29.1 Å². The molecular formula is C17H17BrClNO. The molecule has 1 aliphatic rings. The molecule has 2 aromatic rings. The van der Waals surface area contributed by atoms with Crippen LogP contribution in [0.15, 0.2) is 40.9 Å². The Labute approximate surface area is 138 Å². The highest BCUT2D eigenvalue weighted by Gasteiger charge is 2.34. The summed E-state index contributed by atoms with van der Waals surface area (Å²) in [5.41, 5.74) is 0.481. The third kappa shape index (κ3) is 3.09. The third-order valence-electron chi connectivity index (χ3n) is 4.26. The average molecular weight is 367 g/mol. The van der Waals surface area contributed by atoms with Gasteiger partial charge in [-0.1, -0.05) is 40.9 Å². The van der Waals surface area contributed by atoms with E-state index in [1.54, 1.807) is 0 Å². The Morgan fingerprint density at radius 2 is 1.81 bits per heavy atom. The zero-order chi connectivity index (χ0) is 14.9. The van der Waals surface area contributed by atoms with Gasteiger partial charge in [0, 0.05) is 15.9 Å². The molecule has 3 rings (SSSR count). The van der Waals surface area contributed by atoms with E-state index in [1.165, 1.54) is 0 Å². The highest BCUT2D eigenvalue weighted by molar-refractivity contribution is 9.10. The summed E-state index contributed by atoms with van der Waals surface area (Å²) in [5, 5.41) is 5.34. The first-order valence-corrected chi connectivity index (χ1v) is 8.52. The van der Waals surface area contributed by atoms with Crippen LogP contribution in [0.2, 0.25) is 0 Å². The zero-order valence-electron chi connectivity index (χ0n) is 11.7. The van der Waals surface area contributed by atoms with Crippen LogP contribution in [-0.4, -0.2) is 17.3 Å². The molecule has 21 heavy (non-hydrogen) atoms. The number of hydrogen-bond acceptors (Lipinski definition) is 1. The minimum Gasteiger partial charge on any atom is -0.345 e. The maximum absolute atomic E-state index is 12.5. The first kappa shape index (κ1) is 14.9. The van der Waals surface area contributed by atoms with Crippen LogP contribution in [0.1, 0.15) is 36.0 Å².